The van der Waals surface area contributed by atoms with Gasteiger partial charge in [-0.3, -0.25) is 9.59 Å². The number of carbonyl (C=O) groups is 2. The maximum atomic E-state index is 12.5. The number of fused-ring (bicyclic) bond motifs is 1. The number of thiophene rings is 1. The largest absolute Gasteiger partial charge is 0.481 e. The molecule has 2 aliphatic rings. The minimum Gasteiger partial charge on any atom is -0.481 e. The van der Waals surface area contributed by atoms with Crippen molar-refractivity contribution in [2.45, 2.75) is 32.1 Å². The number of carboxylic acid groups (broad SMARTS) is 1. The molecule has 2 heterocycles. The van der Waals surface area contributed by atoms with E-state index in [1.165, 1.54) is 15.6 Å². The van der Waals surface area contributed by atoms with Crippen LogP contribution in [-0.4, -0.2) is 35.0 Å². The maximum absolute atomic E-state index is 12.5. The molecule has 132 valence electrons. The second kappa shape index (κ2) is 6.79. The number of carboxylic acids is 1. The van der Waals surface area contributed by atoms with E-state index in [9.17, 15) is 14.7 Å². The highest BCUT2D eigenvalue weighted by molar-refractivity contribution is 7.17. The van der Waals surface area contributed by atoms with Crippen molar-refractivity contribution in [3.8, 4) is 0 Å². The van der Waals surface area contributed by atoms with E-state index in [1.807, 2.05) is 0 Å². The minimum absolute atomic E-state index is 0.119. The third kappa shape index (κ3) is 3.43. The second-order valence-corrected chi connectivity index (χ2v) is 8.27. The molecule has 2 aromatic rings. The second-order valence-electron chi connectivity index (χ2n) is 7.36. The van der Waals surface area contributed by atoms with Crippen molar-refractivity contribution >= 4 is 33.3 Å². The average molecular weight is 357 g/mol. The fraction of sp³-hybridized carbons (Fsp3) is 0.500. The van der Waals surface area contributed by atoms with Gasteiger partial charge in [-0.15, -0.1) is 11.3 Å². The summed E-state index contributed by atoms with van der Waals surface area (Å²) in [4.78, 5) is 25.8. The molecular formula is C20H23NO3S. The lowest BCUT2D eigenvalue weighted by Gasteiger charge is -2.16. The summed E-state index contributed by atoms with van der Waals surface area (Å²) in [7, 11) is 0. The Labute approximate surface area is 151 Å². The molecule has 0 spiro atoms. The van der Waals surface area contributed by atoms with Gasteiger partial charge in [0.2, 0.25) is 5.91 Å². The van der Waals surface area contributed by atoms with E-state index in [4.69, 9.17) is 0 Å². The predicted molar refractivity (Wildman–Crippen MR) is 98.7 cm³/mol. The lowest BCUT2D eigenvalue weighted by atomic mass is 9.92. The van der Waals surface area contributed by atoms with Crippen LogP contribution in [0.4, 0.5) is 0 Å². The Kier molecular flexibility index (Phi) is 4.50. The van der Waals surface area contributed by atoms with Crippen LogP contribution >= 0.6 is 11.3 Å². The summed E-state index contributed by atoms with van der Waals surface area (Å²) in [5.74, 6) is -0.290. The molecule has 25 heavy (non-hydrogen) atoms. The van der Waals surface area contributed by atoms with Crippen molar-refractivity contribution in [2.24, 2.45) is 17.8 Å². The Hall–Kier alpha value is -1.88. The van der Waals surface area contributed by atoms with E-state index < -0.39 is 5.97 Å². The first-order chi connectivity index (χ1) is 12.1. The summed E-state index contributed by atoms with van der Waals surface area (Å²) in [6.07, 6.45) is 4.48. The van der Waals surface area contributed by atoms with Crippen LogP contribution in [0.3, 0.4) is 0 Å². The van der Waals surface area contributed by atoms with Crippen LogP contribution < -0.4 is 0 Å². The fourth-order valence-corrected chi connectivity index (χ4v) is 5.11. The Morgan fingerprint density at radius 1 is 1.20 bits per heavy atom. The molecule has 1 amide bonds. The molecule has 1 aliphatic heterocycles. The highest BCUT2D eigenvalue weighted by Gasteiger charge is 2.46. The van der Waals surface area contributed by atoms with E-state index in [1.54, 1.807) is 16.2 Å². The number of hydrogen-bond donors (Lipinski definition) is 1. The number of likely N-dealkylation sites (tertiary alicyclic amines) is 1. The molecule has 1 aromatic carbocycles. The number of aliphatic carboxylic acids is 1. The van der Waals surface area contributed by atoms with Gasteiger partial charge in [0.05, 0.1) is 5.92 Å². The standard InChI is InChI=1S/C20H23NO3S/c22-19(21-10-16(13-8-9-13)17(11-21)20(23)24)7-3-4-14-12-25-18-6-2-1-5-15(14)18/h1-2,5-6,12-13,16-17H,3-4,7-11H2,(H,23,24)/t16-,17+/m1/s1. The highest BCUT2D eigenvalue weighted by atomic mass is 32.1. The molecule has 4 rings (SSSR count). The number of rotatable bonds is 6. The summed E-state index contributed by atoms with van der Waals surface area (Å²) in [6.45, 7) is 1.04. The van der Waals surface area contributed by atoms with Crippen molar-refractivity contribution < 1.29 is 14.7 Å². The van der Waals surface area contributed by atoms with E-state index in [0.29, 0.717) is 25.4 Å². The molecule has 5 heteroatoms. The smallest absolute Gasteiger partial charge is 0.308 e. The van der Waals surface area contributed by atoms with Gasteiger partial charge >= 0.3 is 5.97 Å². The molecular weight excluding hydrogens is 334 g/mol. The highest BCUT2D eigenvalue weighted by Crippen LogP contribution is 2.44. The van der Waals surface area contributed by atoms with Gasteiger partial charge in [-0.05, 0) is 59.9 Å². The van der Waals surface area contributed by atoms with Gasteiger partial charge in [0, 0.05) is 24.2 Å². The minimum atomic E-state index is -0.739. The third-order valence-corrected chi connectivity index (χ3v) is 6.67. The summed E-state index contributed by atoms with van der Waals surface area (Å²) in [5.41, 5.74) is 1.31. The van der Waals surface area contributed by atoms with Crippen molar-refractivity contribution in [3.63, 3.8) is 0 Å². The molecule has 2 atom stereocenters. The average Bonchev–Trinajstić information content (AvgIpc) is 3.21. The summed E-state index contributed by atoms with van der Waals surface area (Å²) < 4.78 is 1.29. The summed E-state index contributed by atoms with van der Waals surface area (Å²) in [5, 5.41) is 12.9. The molecule has 0 unspecified atom stereocenters. The van der Waals surface area contributed by atoms with Crippen molar-refractivity contribution in [1.29, 1.82) is 0 Å². The van der Waals surface area contributed by atoms with E-state index in [0.717, 1.165) is 25.7 Å². The molecule has 1 saturated heterocycles. The van der Waals surface area contributed by atoms with Crippen LogP contribution in [0.25, 0.3) is 10.1 Å². The summed E-state index contributed by atoms with van der Waals surface area (Å²) in [6, 6.07) is 8.37. The first kappa shape index (κ1) is 16.6. The number of carbonyl (C=O) groups excluding carboxylic acids is 1. The molecule has 4 nitrogen and oxygen atoms in total. The van der Waals surface area contributed by atoms with Crippen LogP contribution in [0, 0.1) is 17.8 Å². The zero-order valence-corrected chi connectivity index (χ0v) is 15.0. The Balaban J connectivity index is 1.32. The zero-order chi connectivity index (χ0) is 17.4. The van der Waals surface area contributed by atoms with E-state index >= 15 is 0 Å². The van der Waals surface area contributed by atoms with Crippen LogP contribution in [-0.2, 0) is 16.0 Å². The number of nitrogens with zero attached hydrogens (tertiary/aromatic N) is 1. The lowest BCUT2D eigenvalue weighted by Crippen LogP contribution is -2.29. The fourth-order valence-electron chi connectivity index (χ4n) is 4.11. The van der Waals surface area contributed by atoms with Crippen molar-refractivity contribution in [3.05, 3.63) is 35.2 Å². The summed E-state index contributed by atoms with van der Waals surface area (Å²) >= 11 is 1.75. The SMILES string of the molecule is O=C(O)[C@H]1CN(C(=O)CCCc2csc3ccccc23)C[C@@H]1C1CC1. The monoisotopic (exact) mass is 357 g/mol. The van der Waals surface area contributed by atoms with Gasteiger partial charge < -0.3 is 10.0 Å². The quantitative estimate of drug-likeness (QED) is 0.856. The molecule has 1 saturated carbocycles. The first-order valence-corrected chi connectivity index (χ1v) is 9.97. The van der Waals surface area contributed by atoms with Crippen molar-refractivity contribution in [2.75, 3.05) is 13.1 Å². The lowest BCUT2D eigenvalue weighted by molar-refractivity contribution is -0.142. The molecule has 0 radical (unpaired) electrons. The molecule has 1 aliphatic carbocycles. The van der Waals surface area contributed by atoms with Gasteiger partial charge in [-0.2, -0.15) is 0 Å². The molecule has 1 aromatic heterocycles. The normalized spacial score (nSPS) is 23.3. The predicted octanol–water partition coefficient (Wildman–Crippen LogP) is 3.79. The Morgan fingerprint density at radius 2 is 2.00 bits per heavy atom. The Bertz CT molecular complexity index is 795. The van der Waals surface area contributed by atoms with Gasteiger partial charge in [0.15, 0.2) is 0 Å². The van der Waals surface area contributed by atoms with Crippen molar-refractivity contribution in [1.82, 2.24) is 4.90 Å². The number of benzene rings is 1. The topological polar surface area (TPSA) is 57.6 Å². The van der Waals surface area contributed by atoms with Crippen LogP contribution in [0.5, 0.6) is 0 Å². The van der Waals surface area contributed by atoms with Gasteiger partial charge in [-0.25, -0.2) is 0 Å². The van der Waals surface area contributed by atoms with Gasteiger partial charge in [0.25, 0.3) is 0 Å². The molecule has 2 fully saturated rings. The Morgan fingerprint density at radius 3 is 2.76 bits per heavy atom. The zero-order valence-electron chi connectivity index (χ0n) is 14.2. The number of hydrogen-bond acceptors (Lipinski definition) is 3. The first-order valence-electron chi connectivity index (χ1n) is 9.09. The number of aryl methyl sites for hydroxylation is 1. The van der Waals surface area contributed by atoms with Crippen LogP contribution in [0.2, 0.25) is 0 Å². The molecule has 0 bridgehead atoms. The van der Waals surface area contributed by atoms with E-state index in [-0.39, 0.29) is 17.7 Å². The number of amides is 1. The van der Waals surface area contributed by atoms with Gasteiger partial charge in [-0.1, -0.05) is 18.2 Å². The van der Waals surface area contributed by atoms with Crippen LogP contribution in [0.1, 0.15) is 31.2 Å². The third-order valence-electron chi connectivity index (χ3n) is 5.66. The van der Waals surface area contributed by atoms with Crippen LogP contribution in [0.15, 0.2) is 29.6 Å². The molecule has 1 N–H and O–H groups in total. The van der Waals surface area contributed by atoms with E-state index in [2.05, 4.69) is 29.6 Å². The van der Waals surface area contributed by atoms with Gasteiger partial charge in [0.1, 0.15) is 0 Å². The maximum Gasteiger partial charge on any atom is 0.308 e.